The molecular formula is C14H15N3O4S2. The van der Waals surface area contributed by atoms with Crippen molar-refractivity contribution in [2.45, 2.75) is 16.2 Å². The molecule has 3 heterocycles. The lowest BCUT2D eigenvalue weighted by Crippen LogP contribution is -2.57. The Hall–Kier alpha value is -1.87. The summed E-state index contributed by atoms with van der Waals surface area (Å²) < 4.78 is 29.5. The third-order valence-electron chi connectivity index (χ3n) is 3.50. The quantitative estimate of drug-likeness (QED) is 0.564. The Morgan fingerprint density at radius 3 is 2.70 bits per heavy atom. The predicted molar refractivity (Wildman–Crippen MR) is 84.5 cm³/mol. The number of furan rings is 1. The van der Waals surface area contributed by atoms with Gasteiger partial charge in [-0.15, -0.1) is 0 Å². The standard InChI is InChI=1S/C14H15N3O4S2/c18-13(9-22-14-15-4-2-5-16-14)17-7-12(8-17)23(19,20)10-11-3-1-6-21-11/h1-6,12H,7-10H2. The van der Waals surface area contributed by atoms with Crippen molar-refractivity contribution in [2.24, 2.45) is 0 Å². The van der Waals surface area contributed by atoms with E-state index in [4.69, 9.17) is 4.42 Å². The van der Waals surface area contributed by atoms with Crippen LogP contribution in [0.2, 0.25) is 0 Å². The summed E-state index contributed by atoms with van der Waals surface area (Å²) in [5, 5.41) is 0.0119. The van der Waals surface area contributed by atoms with Crippen LogP contribution in [-0.2, 0) is 20.4 Å². The zero-order valence-corrected chi connectivity index (χ0v) is 13.8. The third-order valence-corrected chi connectivity index (χ3v) is 6.36. The molecule has 3 rings (SSSR count). The Labute approximate surface area is 138 Å². The van der Waals surface area contributed by atoms with Crippen LogP contribution in [-0.4, -0.2) is 53.3 Å². The molecule has 0 saturated carbocycles. The molecule has 9 heteroatoms. The monoisotopic (exact) mass is 353 g/mol. The van der Waals surface area contributed by atoms with Crippen LogP contribution in [0.3, 0.4) is 0 Å². The lowest BCUT2D eigenvalue weighted by Gasteiger charge is -2.38. The van der Waals surface area contributed by atoms with Gasteiger partial charge in [-0.1, -0.05) is 11.8 Å². The molecule has 0 aliphatic carbocycles. The van der Waals surface area contributed by atoms with Crippen LogP contribution in [0.15, 0.2) is 46.4 Å². The van der Waals surface area contributed by atoms with E-state index in [1.54, 1.807) is 35.5 Å². The SMILES string of the molecule is O=C(CSc1ncccn1)N1CC(S(=O)(=O)Cc2ccco2)C1. The average molecular weight is 353 g/mol. The van der Waals surface area contributed by atoms with E-state index >= 15 is 0 Å². The van der Waals surface area contributed by atoms with Crippen LogP contribution in [0.1, 0.15) is 5.76 Å². The van der Waals surface area contributed by atoms with Gasteiger partial charge in [0.05, 0.1) is 17.3 Å². The zero-order valence-electron chi connectivity index (χ0n) is 12.2. The van der Waals surface area contributed by atoms with Gasteiger partial charge in [0.1, 0.15) is 11.5 Å². The highest BCUT2D eigenvalue weighted by Gasteiger charge is 2.39. The Bertz CT molecular complexity index is 757. The Kier molecular flexibility index (Phi) is 4.67. The number of rotatable bonds is 6. The number of hydrogen-bond acceptors (Lipinski definition) is 7. The van der Waals surface area contributed by atoms with E-state index in [-0.39, 0.29) is 30.5 Å². The van der Waals surface area contributed by atoms with Crippen LogP contribution in [0.5, 0.6) is 0 Å². The molecule has 0 N–H and O–H groups in total. The minimum atomic E-state index is -3.30. The molecule has 1 amide bonds. The predicted octanol–water partition coefficient (Wildman–Crippen LogP) is 0.988. The number of amides is 1. The number of sulfone groups is 1. The molecule has 0 spiro atoms. The summed E-state index contributed by atoms with van der Waals surface area (Å²) in [6.07, 6.45) is 4.67. The van der Waals surface area contributed by atoms with Crippen molar-refractivity contribution in [2.75, 3.05) is 18.8 Å². The molecular weight excluding hydrogens is 338 g/mol. The molecule has 0 aromatic carbocycles. The minimum Gasteiger partial charge on any atom is -0.468 e. The van der Waals surface area contributed by atoms with E-state index in [1.807, 2.05) is 0 Å². The summed E-state index contributed by atoms with van der Waals surface area (Å²) in [7, 11) is -3.30. The summed E-state index contributed by atoms with van der Waals surface area (Å²) in [6.45, 7) is 0.468. The molecule has 0 unspecified atom stereocenters. The molecule has 7 nitrogen and oxygen atoms in total. The van der Waals surface area contributed by atoms with Crippen molar-refractivity contribution in [3.05, 3.63) is 42.6 Å². The minimum absolute atomic E-state index is 0.105. The van der Waals surface area contributed by atoms with Gasteiger partial charge < -0.3 is 9.32 Å². The van der Waals surface area contributed by atoms with Gasteiger partial charge in [-0.25, -0.2) is 18.4 Å². The molecule has 1 saturated heterocycles. The normalized spacial score (nSPS) is 15.4. The first-order valence-corrected chi connectivity index (χ1v) is 9.66. The first-order valence-electron chi connectivity index (χ1n) is 6.96. The number of likely N-dealkylation sites (tertiary alicyclic amines) is 1. The summed E-state index contributed by atoms with van der Waals surface area (Å²) in [5.74, 6) is 0.396. The molecule has 23 heavy (non-hydrogen) atoms. The maximum absolute atomic E-state index is 12.2. The largest absolute Gasteiger partial charge is 0.468 e. The van der Waals surface area contributed by atoms with Gasteiger partial charge in [0.2, 0.25) is 5.91 Å². The average Bonchev–Trinajstić information content (AvgIpc) is 2.96. The summed E-state index contributed by atoms with van der Waals surface area (Å²) in [5.41, 5.74) is 0. The highest BCUT2D eigenvalue weighted by Crippen LogP contribution is 2.22. The molecule has 1 aliphatic rings. The van der Waals surface area contributed by atoms with Gasteiger partial charge in [0.25, 0.3) is 0 Å². The second kappa shape index (κ2) is 6.71. The number of nitrogens with zero attached hydrogens (tertiary/aromatic N) is 3. The van der Waals surface area contributed by atoms with Crippen LogP contribution < -0.4 is 0 Å². The topological polar surface area (TPSA) is 93.4 Å². The molecule has 1 aliphatic heterocycles. The lowest BCUT2D eigenvalue weighted by atomic mass is 10.2. The fraction of sp³-hybridized carbons (Fsp3) is 0.357. The zero-order chi connectivity index (χ0) is 16.3. The molecule has 0 bridgehead atoms. The number of hydrogen-bond donors (Lipinski definition) is 0. The first kappa shape index (κ1) is 16.0. The van der Waals surface area contributed by atoms with E-state index in [0.717, 1.165) is 0 Å². The van der Waals surface area contributed by atoms with E-state index in [2.05, 4.69) is 9.97 Å². The molecule has 2 aromatic heterocycles. The van der Waals surface area contributed by atoms with Gasteiger partial charge in [-0.2, -0.15) is 0 Å². The number of aromatic nitrogens is 2. The van der Waals surface area contributed by atoms with Crippen LogP contribution >= 0.6 is 11.8 Å². The fourth-order valence-corrected chi connectivity index (χ4v) is 4.47. The number of carbonyl (C=O) groups excluding carboxylic acids is 1. The molecule has 0 radical (unpaired) electrons. The van der Waals surface area contributed by atoms with E-state index in [9.17, 15) is 13.2 Å². The van der Waals surface area contributed by atoms with Gasteiger partial charge in [-0.05, 0) is 18.2 Å². The molecule has 2 aromatic rings. The fourth-order valence-electron chi connectivity index (χ4n) is 2.16. The molecule has 1 fully saturated rings. The van der Waals surface area contributed by atoms with Gasteiger partial charge in [0, 0.05) is 25.5 Å². The maximum Gasteiger partial charge on any atom is 0.233 e. The van der Waals surface area contributed by atoms with Crippen molar-refractivity contribution in [1.29, 1.82) is 0 Å². The molecule has 0 atom stereocenters. The second-order valence-corrected chi connectivity index (χ2v) is 8.35. The van der Waals surface area contributed by atoms with Gasteiger partial charge in [0.15, 0.2) is 15.0 Å². The lowest BCUT2D eigenvalue weighted by molar-refractivity contribution is -0.131. The van der Waals surface area contributed by atoms with E-state index in [0.29, 0.717) is 10.9 Å². The van der Waals surface area contributed by atoms with Crippen molar-refractivity contribution >= 4 is 27.5 Å². The Balaban J connectivity index is 1.47. The van der Waals surface area contributed by atoms with Crippen molar-refractivity contribution in [1.82, 2.24) is 14.9 Å². The first-order chi connectivity index (χ1) is 11.0. The number of thioether (sulfide) groups is 1. The van der Waals surface area contributed by atoms with E-state index in [1.165, 1.54) is 18.0 Å². The van der Waals surface area contributed by atoms with Crippen molar-refractivity contribution in [3.8, 4) is 0 Å². The second-order valence-electron chi connectivity index (χ2n) is 5.13. The maximum atomic E-state index is 12.2. The third kappa shape index (κ3) is 3.91. The Morgan fingerprint density at radius 2 is 2.04 bits per heavy atom. The highest BCUT2D eigenvalue weighted by atomic mass is 32.2. The summed E-state index contributed by atoms with van der Waals surface area (Å²) in [6, 6.07) is 5.00. The summed E-state index contributed by atoms with van der Waals surface area (Å²) in [4.78, 5) is 21.6. The van der Waals surface area contributed by atoms with Crippen molar-refractivity contribution < 1.29 is 17.6 Å². The van der Waals surface area contributed by atoms with E-state index < -0.39 is 15.1 Å². The summed E-state index contributed by atoms with van der Waals surface area (Å²) >= 11 is 1.24. The smallest absolute Gasteiger partial charge is 0.233 e. The van der Waals surface area contributed by atoms with Crippen LogP contribution in [0.4, 0.5) is 0 Å². The highest BCUT2D eigenvalue weighted by molar-refractivity contribution is 7.99. The van der Waals surface area contributed by atoms with Gasteiger partial charge >= 0.3 is 0 Å². The van der Waals surface area contributed by atoms with Gasteiger partial charge in [-0.3, -0.25) is 4.79 Å². The number of carbonyl (C=O) groups is 1. The molecule has 122 valence electrons. The Morgan fingerprint density at radius 1 is 1.30 bits per heavy atom. The van der Waals surface area contributed by atoms with Crippen LogP contribution in [0.25, 0.3) is 0 Å². The van der Waals surface area contributed by atoms with Crippen LogP contribution in [0, 0.1) is 0 Å². The van der Waals surface area contributed by atoms with Crippen molar-refractivity contribution in [3.63, 3.8) is 0 Å².